The van der Waals surface area contributed by atoms with Crippen LogP contribution in [0.2, 0.25) is 5.02 Å². The molecule has 0 spiro atoms. The fourth-order valence-electron chi connectivity index (χ4n) is 1.74. The lowest BCUT2D eigenvalue weighted by atomic mass is 10.0. The molecule has 0 aliphatic rings. The second-order valence-electron chi connectivity index (χ2n) is 3.87. The van der Waals surface area contributed by atoms with Crippen LogP contribution in [0.25, 0.3) is 0 Å². The van der Waals surface area contributed by atoms with Crippen molar-refractivity contribution in [3.63, 3.8) is 0 Å². The lowest BCUT2D eigenvalue weighted by Gasteiger charge is -2.15. The summed E-state index contributed by atoms with van der Waals surface area (Å²) < 4.78 is 13.8. The van der Waals surface area contributed by atoms with Gasteiger partial charge in [0.1, 0.15) is 11.6 Å². The molecule has 0 radical (unpaired) electrons. The highest BCUT2D eigenvalue weighted by atomic mass is 35.5. The van der Waals surface area contributed by atoms with Gasteiger partial charge in [-0.2, -0.15) is 0 Å². The number of nitrogens with zero attached hydrogens (tertiary/aromatic N) is 2. The van der Waals surface area contributed by atoms with Crippen LogP contribution < -0.4 is 5.32 Å². The smallest absolute Gasteiger partial charge is 0.145 e. The molecule has 5 heteroatoms. The van der Waals surface area contributed by atoms with E-state index < -0.39 is 0 Å². The summed E-state index contributed by atoms with van der Waals surface area (Å²) in [5.41, 5.74) is 0.550. The van der Waals surface area contributed by atoms with E-state index in [1.165, 1.54) is 6.07 Å². The van der Waals surface area contributed by atoms with E-state index in [2.05, 4.69) is 15.3 Å². The van der Waals surface area contributed by atoms with Crippen molar-refractivity contribution >= 4 is 11.6 Å². The van der Waals surface area contributed by atoms with E-state index in [1.54, 1.807) is 37.6 Å². The van der Waals surface area contributed by atoms with Crippen LogP contribution in [0.4, 0.5) is 4.39 Å². The van der Waals surface area contributed by atoms with Gasteiger partial charge in [0.25, 0.3) is 0 Å². The molecule has 1 atom stereocenters. The SMILES string of the molecule is CNC(Cc1cccc(Cl)c1F)c1ncccn1. The van der Waals surface area contributed by atoms with Gasteiger partial charge in [0.05, 0.1) is 11.1 Å². The van der Waals surface area contributed by atoms with Crippen molar-refractivity contribution in [1.29, 1.82) is 0 Å². The standard InChI is InChI=1S/C13H13ClFN3/c1-16-11(13-17-6-3-7-18-13)8-9-4-2-5-10(14)12(9)15/h2-7,11,16H,8H2,1H3. The Morgan fingerprint density at radius 1 is 1.28 bits per heavy atom. The van der Waals surface area contributed by atoms with Gasteiger partial charge in [0.2, 0.25) is 0 Å². The molecule has 1 unspecified atom stereocenters. The minimum Gasteiger partial charge on any atom is -0.310 e. The largest absolute Gasteiger partial charge is 0.310 e. The minimum absolute atomic E-state index is 0.135. The molecule has 94 valence electrons. The number of hydrogen-bond acceptors (Lipinski definition) is 3. The van der Waals surface area contributed by atoms with Gasteiger partial charge in [-0.3, -0.25) is 0 Å². The third kappa shape index (κ3) is 2.83. The lowest BCUT2D eigenvalue weighted by molar-refractivity contribution is 0.532. The van der Waals surface area contributed by atoms with E-state index in [0.29, 0.717) is 17.8 Å². The zero-order valence-corrected chi connectivity index (χ0v) is 10.7. The third-order valence-electron chi connectivity index (χ3n) is 2.70. The maximum Gasteiger partial charge on any atom is 0.145 e. The maximum absolute atomic E-state index is 13.8. The number of aromatic nitrogens is 2. The predicted octanol–water partition coefficient (Wildman–Crippen LogP) is 2.77. The minimum atomic E-state index is -0.379. The number of rotatable bonds is 4. The van der Waals surface area contributed by atoms with E-state index >= 15 is 0 Å². The van der Waals surface area contributed by atoms with Crippen LogP contribution in [0.5, 0.6) is 0 Å². The van der Waals surface area contributed by atoms with Crippen molar-refractivity contribution in [1.82, 2.24) is 15.3 Å². The molecular weight excluding hydrogens is 253 g/mol. The van der Waals surface area contributed by atoms with E-state index in [0.717, 1.165) is 0 Å². The monoisotopic (exact) mass is 265 g/mol. The molecule has 0 aliphatic carbocycles. The van der Waals surface area contributed by atoms with Gasteiger partial charge in [-0.15, -0.1) is 0 Å². The van der Waals surface area contributed by atoms with Crippen molar-refractivity contribution in [2.24, 2.45) is 0 Å². The van der Waals surface area contributed by atoms with Gasteiger partial charge in [-0.1, -0.05) is 23.7 Å². The average molecular weight is 266 g/mol. The molecule has 1 heterocycles. The van der Waals surface area contributed by atoms with E-state index in [4.69, 9.17) is 11.6 Å². The summed E-state index contributed by atoms with van der Waals surface area (Å²) in [7, 11) is 1.80. The van der Waals surface area contributed by atoms with E-state index in [1.807, 2.05) is 0 Å². The summed E-state index contributed by atoms with van der Waals surface area (Å²) in [6.45, 7) is 0. The van der Waals surface area contributed by atoms with Crippen LogP contribution >= 0.6 is 11.6 Å². The van der Waals surface area contributed by atoms with Crippen molar-refractivity contribution in [2.75, 3.05) is 7.05 Å². The average Bonchev–Trinajstić information content (AvgIpc) is 2.41. The Labute approximate surface area is 110 Å². The number of benzene rings is 1. The molecule has 0 amide bonds. The van der Waals surface area contributed by atoms with E-state index in [9.17, 15) is 4.39 Å². The Hall–Kier alpha value is -1.52. The molecule has 2 rings (SSSR count). The van der Waals surface area contributed by atoms with Crippen molar-refractivity contribution in [2.45, 2.75) is 12.5 Å². The van der Waals surface area contributed by atoms with E-state index in [-0.39, 0.29) is 16.9 Å². The molecule has 0 aliphatic heterocycles. The van der Waals surface area contributed by atoms with Gasteiger partial charge in [0.15, 0.2) is 0 Å². The number of nitrogens with one attached hydrogen (secondary N) is 1. The number of hydrogen-bond donors (Lipinski definition) is 1. The molecule has 3 nitrogen and oxygen atoms in total. The van der Waals surface area contributed by atoms with Gasteiger partial charge < -0.3 is 5.32 Å². The Kier molecular flexibility index (Phi) is 4.23. The molecule has 2 aromatic rings. The highest BCUT2D eigenvalue weighted by Crippen LogP contribution is 2.22. The lowest BCUT2D eigenvalue weighted by Crippen LogP contribution is -2.21. The second kappa shape index (κ2) is 5.89. The number of likely N-dealkylation sites (N-methyl/N-ethyl adjacent to an activating group) is 1. The third-order valence-corrected chi connectivity index (χ3v) is 2.99. The molecular formula is C13H13ClFN3. The summed E-state index contributed by atoms with van der Waals surface area (Å²) in [6.07, 6.45) is 3.79. The summed E-state index contributed by atoms with van der Waals surface area (Å²) in [5.74, 6) is 0.259. The van der Waals surface area contributed by atoms with Crippen LogP contribution in [0.1, 0.15) is 17.4 Å². The molecule has 18 heavy (non-hydrogen) atoms. The molecule has 1 aromatic carbocycles. The summed E-state index contributed by atoms with van der Waals surface area (Å²) in [4.78, 5) is 8.34. The molecule has 0 saturated heterocycles. The zero-order chi connectivity index (χ0) is 13.0. The topological polar surface area (TPSA) is 37.8 Å². The van der Waals surface area contributed by atoms with Crippen LogP contribution in [-0.2, 0) is 6.42 Å². The maximum atomic E-state index is 13.8. The summed E-state index contributed by atoms with van der Waals surface area (Å²) >= 11 is 5.76. The Morgan fingerprint density at radius 3 is 2.67 bits per heavy atom. The fourth-order valence-corrected chi connectivity index (χ4v) is 1.93. The first-order chi connectivity index (χ1) is 8.72. The molecule has 1 N–H and O–H groups in total. The molecule has 0 fully saturated rings. The van der Waals surface area contributed by atoms with Gasteiger partial charge >= 0.3 is 0 Å². The quantitative estimate of drug-likeness (QED) is 0.924. The molecule has 0 saturated carbocycles. The zero-order valence-electron chi connectivity index (χ0n) is 9.90. The van der Waals surface area contributed by atoms with Crippen molar-refractivity contribution < 1.29 is 4.39 Å². The predicted molar refractivity (Wildman–Crippen MR) is 68.9 cm³/mol. The normalized spacial score (nSPS) is 12.4. The second-order valence-corrected chi connectivity index (χ2v) is 4.27. The molecule has 0 bridgehead atoms. The van der Waals surface area contributed by atoms with Gasteiger partial charge in [-0.05, 0) is 31.2 Å². The fraction of sp³-hybridized carbons (Fsp3) is 0.231. The summed E-state index contributed by atoms with van der Waals surface area (Å²) in [5, 5.41) is 3.21. The number of halogens is 2. The van der Waals surface area contributed by atoms with Crippen LogP contribution in [0, 0.1) is 5.82 Å². The first kappa shape index (κ1) is 12.9. The van der Waals surface area contributed by atoms with Crippen molar-refractivity contribution in [3.8, 4) is 0 Å². The highest BCUT2D eigenvalue weighted by molar-refractivity contribution is 6.30. The van der Waals surface area contributed by atoms with Crippen LogP contribution in [-0.4, -0.2) is 17.0 Å². The van der Waals surface area contributed by atoms with Gasteiger partial charge in [0, 0.05) is 12.4 Å². The molecule has 1 aromatic heterocycles. The Morgan fingerprint density at radius 2 is 2.00 bits per heavy atom. The van der Waals surface area contributed by atoms with Crippen molar-refractivity contribution in [3.05, 3.63) is 58.9 Å². The Bertz CT molecular complexity index is 519. The van der Waals surface area contributed by atoms with Gasteiger partial charge in [-0.25, -0.2) is 14.4 Å². The Balaban J connectivity index is 2.24. The van der Waals surface area contributed by atoms with Crippen LogP contribution in [0.3, 0.4) is 0 Å². The first-order valence-corrected chi connectivity index (χ1v) is 5.97. The first-order valence-electron chi connectivity index (χ1n) is 5.59. The highest BCUT2D eigenvalue weighted by Gasteiger charge is 2.16. The summed E-state index contributed by atoms with van der Waals surface area (Å²) in [6, 6.07) is 6.59. The van der Waals surface area contributed by atoms with Crippen LogP contribution in [0.15, 0.2) is 36.7 Å².